The van der Waals surface area contributed by atoms with Crippen molar-refractivity contribution in [2.75, 3.05) is 0 Å². The van der Waals surface area contributed by atoms with E-state index in [4.69, 9.17) is 0 Å². The number of carboxylic acids is 1. The first-order valence-corrected chi connectivity index (χ1v) is 15.7. The van der Waals surface area contributed by atoms with Gasteiger partial charge in [-0.2, -0.15) is 13.2 Å². The predicted molar refractivity (Wildman–Crippen MR) is 172 cm³/mol. The lowest BCUT2D eigenvalue weighted by Crippen LogP contribution is -2.43. The number of aryl methyl sites for hydroxylation is 1. The molecule has 0 aliphatic heterocycles. The van der Waals surface area contributed by atoms with Gasteiger partial charge in [0, 0.05) is 31.7 Å². The number of carbonyl (C=O) groups is 2. The number of para-hydroxylation sites is 1. The van der Waals surface area contributed by atoms with Crippen LogP contribution in [-0.2, 0) is 24.4 Å². The Morgan fingerprint density at radius 1 is 0.920 bits per heavy atom. The van der Waals surface area contributed by atoms with Crippen molar-refractivity contribution in [2.24, 2.45) is 7.05 Å². The average Bonchev–Trinajstić information content (AvgIpc) is 3.05. The SMILES string of the molecule is Cn1c(=O)c(-c2cccc3c(C[C@H](NC(=O)c4c(F)ccc(C5CCC(F)(F)CC5)c4F)C(=O)O)cccc23)c(C(F)(F)F)c2ccccc21. The van der Waals surface area contributed by atoms with Gasteiger partial charge >= 0.3 is 12.1 Å². The summed E-state index contributed by atoms with van der Waals surface area (Å²) in [7, 11) is 1.36. The fraction of sp³-hybridized carbons (Fsp3) is 0.270. The van der Waals surface area contributed by atoms with E-state index < -0.39 is 89.1 Å². The second kappa shape index (κ2) is 12.9. The first-order valence-electron chi connectivity index (χ1n) is 15.7. The lowest BCUT2D eigenvalue weighted by Gasteiger charge is -2.29. The topological polar surface area (TPSA) is 88.4 Å². The predicted octanol–water partition coefficient (Wildman–Crippen LogP) is 8.37. The number of fused-ring (bicyclic) bond motifs is 2. The van der Waals surface area contributed by atoms with Gasteiger partial charge in [0.15, 0.2) is 0 Å². The van der Waals surface area contributed by atoms with E-state index in [0.717, 1.165) is 16.7 Å². The third-order valence-corrected chi connectivity index (χ3v) is 9.40. The van der Waals surface area contributed by atoms with Crippen LogP contribution in [-0.4, -0.2) is 33.5 Å². The molecule has 50 heavy (non-hydrogen) atoms. The van der Waals surface area contributed by atoms with Crippen LogP contribution in [0.1, 0.15) is 58.6 Å². The van der Waals surface area contributed by atoms with Crippen molar-refractivity contribution >= 4 is 33.6 Å². The molecule has 6 rings (SSSR count). The summed E-state index contributed by atoms with van der Waals surface area (Å²) >= 11 is 0. The summed E-state index contributed by atoms with van der Waals surface area (Å²) < 4.78 is 103. The van der Waals surface area contributed by atoms with E-state index in [0.29, 0.717) is 0 Å². The Hall–Kier alpha value is -5.20. The van der Waals surface area contributed by atoms with Gasteiger partial charge in [0.25, 0.3) is 11.5 Å². The Morgan fingerprint density at radius 2 is 1.56 bits per heavy atom. The van der Waals surface area contributed by atoms with Gasteiger partial charge in [0.2, 0.25) is 5.92 Å². The van der Waals surface area contributed by atoms with Crippen LogP contribution in [0.4, 0.5) is 30.7 Å². The molecule has 0 unspecified atom stereocenters. The number of hydrogen-bond donors (Lipinski definition) is 2. The number of nitrogens with one attached hydrogen (secondary N) is 1. The molecular formula is C37H29F7N2O4. The molecule has 0 radical (unpaired) electrons. The van der Waals surface area contributed by atoms with Gasteiger partial charge in [-0.05, 0) is 58.4 Å². The number of carbonyl (C=O) groups excluding carboxylic acids is 1. The van der Waals surface area contributed by atoms with E-state index in [1.807, 2.05) is 0 Å². The van der Waals surface area contributed by atoms with E-state index in [2.05, 4.69) is 5.32 Å². The highest BCUT2D eigenvalue weighted by molar-refractivity contribution is 6.02. The smallest absolute Gasteiger partial charge is 0.417 e. The molecule has 1 aliphatic rings. The molecule has 6 nitrogen and oxygen atoms in total. The molecule has 5 aromatic rings. The maximum Gasteiger partial charge on any atom is 0.417 e. The number of alkyl halides is 5. The monoisotopic (exact) mass is 698 g/mol. The minimum atomic E-state index is -4.93. The van der Waals surface area contributed by atoms with Crippen molar-refractivity contribution in [3.8, 4) is 11.1 Å². The highest BCUT2D eigenvalue weighted by Crippen LogP contribution is 2.43. The molecule has 13 heteroatoms. The number of amides is 1. The van der Waals surface area contributed by atoms with Crippen LogP contribution in [0.15, 0.2) is 77.6 Å². The normalized spacial score (nSPS) is 15.7. The lowest BCUT2D eigenvalue weighted by molar-refractivity contribution is -0.139. The first kappa shape index (κ1) is 34.7. The van der Waals surface area contributed by atoms with E-state index in [-0.39, 0.29) is 51.2 Å². The van der Waals surface area contributed by atoms with E-state index in [1.54, 1.807) is 0 Å². The van der Waals surface area contributed by atoms with E-state index in [1.165, 1.54) is 67.7 Å². The van der Waals surface area contributed by atoms with Crippen LogP contribution in [0.5, 0.6) is 0 Å². The Labute approximate surface area is 280 Å². The highest BCUT2D eigenvalue weighted by atomic mass is 19.4. The van der Waals surface area contributed by atoms with Crippen LogP contribution in [0.25, 0.3) is 32.8 Å². The van der Waals surface area contributed by atoms with Crippen LogP contribution in [0, 0.1) is 11.6 Å². The molecule has 1 aliphatic carbocycles. The number of rotatable bonds is 7. The van der Waals surface area contributed by atoms with Gasteiger partial charge in [0.1, 0.15) is 23.2 Å². The van der Waals surface area contributed by atoms with E-state index >= 15 is 4.39 Å². The second-order valence-corrected chi connectivity index (χ2v) is 12.5. The fourth-order valence-corrected chi connectivity index (χ4v) is 6.91. The summed E-state index contributed by atoms with van der Waals surface area (Å²) in [5, 5.41) is 12.5. The number of aromatic nitrogens is 1. The number of pyridine rings is 1. The van der Waals surface area contributed by atoms with Gasteiger partial charge in [0.05, 0.1) is 16.6 Å². The number of halogens is 7. The quantitative estimate of drug-likeness (QED) is 0.167. The zero-order chi connectivity index (χ0) is 36.1. The van der Waals surface area contributed by atoms with Crippen molar-refractivity contribution in [3.63, 3.8) is 0 Å². The Balaban J connectivity index is 1.38. The van der Waals surface area contributed by atoms with Gasteiger partial charge in [-0.1, -0.05) is 60.7 Å². The van der Waals surface area contributed by atoms with Gasteiger partial charge in [-0.25, -0.2) is 22.4 Å². The molecule has 1 atom stereocenters. The third-order valence-electron chi connectivity index (χ3n) is 9.40. The van der Waals surface area contributed by atoms with Gasteiger partial charge in [-0.15, -0.1) is 0 Å². The summed E-state index contributed by atoms with van der Waals surface area (Å²) in [4.78, 5) is 39.1. The molecule has 2 N–H and O–H groups in total. The first-order chi connectivity index (χ1) is 23.6. The summed E-state index contributed by atoms with van der Waals surface area (Å²) in [6.07, 6.45) is -6.57. The Kier molecular flexibility index (Phi) is 8.96. The molecule has 0 spiro atoms. The van der Waals surface area contributed by atoms with Crippen LogP contribution in [0.3, 0.4) is 0 Å². The summed E-state index contributed by atoms with van der Waals surface area (Å²) in [5.74, 6) is -9.10. The minimum absolute atomic E-state index is 0.0552. The highest BCUT2D eigenvalue weighted by Gasteiger charge is 2.39. The molecule has 1 heterocycles. The average molecular weight is 699 g/mol. The van der Waals surface area contributed by atoms with Crippen molar-refractivity contribution in [1.82, 2.24) is 9.88 Å². The summed E-state index contributed by atoms with van der Waals surface area (Å²) in [6.45, 7) is 0. The van der Waals surface area contributed by atoms with Crippen LogP contribution >= 0.6 is 0 Å². The molecule has 1 aromatic heterocycles. The van der Waals surface area contributed by atoms with Crippen molar-refractivity contribution in [2.45, 2.75) is 56.2 Å². The summed E-state index contributed by atoms with van der Waals surface area (Å²) in [6, 6.07) is 14.5. The Bertz CT molecular complexity index is 2220. The molecule has 1 amide bonds. The maximum atomic E-state index is 15.6. The zero-order valence-electron chi connectivity index (χ0n) is 26.4. The molecular weight excluding hydrogens is 669 g/mol. The molecule has 4 aromatic carbocycles. The molecule has 260 valence electrons. The Morgan fingerprint density at radius 3 is 2.24 bits per heavy atom. The van der Waals surface area contributed by atoms with Crippen LogP contribution in [0.2, 0.25) is 0 Å². The molecule has 0 saturated heterocycles. The van der Waals surface area contributed by atoms with Crippen molar-refractivity contribution < 1.29 is 45.4 Å². The lowest BCUT2D eigenvalue weighted by atomic mass is 9.81. The van der Waals surface area contributed by atoms with Crippen molar-refractivity contribution in [3.05, 3.63) is 117 Å². The minimum Gasteiger partial charge on any atom is -0.480 e. The fourth-order valence-electron chi connectivity index (χ4n) is 6.91. The van der Waals surface area contributed by atoms with Crippen LogP contribution < -0.4 is 10.9 Å². The number of hydrogen-bond acceptors (Lipinski definition) is 3. The molecule has 1 fully saturated rings. The maximum absolute atomic E-state index is 15.6. The van der Waals surface area contributed by atoms with Gasteiger partial charge < -0.3 is 15.0 Å². The number of benzene rings is 4. The number of aliphatic carboxylic acids is 1. The second-order valence-electron chi connectivity index (χ2n) is 12.5. The number of nitrogens with zero attached hydrogens (tertiary/aromatic N) is 1. The zero-order valence-corrected chi connectivity index (χ0v) is 26.4. The molecule has 1 saturated carbocycles. The summed E-state index contributed by atoms with van der Waals surface area (Å²) in [5.41, 5.74) is -3.54. The number of carboxylic acid groups (broad SMARTS) is 1. The van der Waals surface area contributed by atoms with Crippen molar-refractivity contribution in [1.29, 1.82) is 0 Å². The standard InChI is InChI=1S/C37H29F7N2O4/c1-46-28-11-3-2-7-25(28)31(37(42,43)44)29(34(46)48)24-10-5-8-21-20(6-4-9-23(21)24)18-27(35(49)50)45-33(47)30-26(38)13-12-22(32(30)39)19-14-16-36(40,41)17-15-19/h2-13,19,27H,14-18H2,1H3,(H,45,47)(H,49,50)/t27-/m0/s1. The van der Waals surface area contributed by atoms with E-state index in [9.17, 15) is 45.8 Å². The molecule has 0 bridgehead atoms. The van der Waals surface area contributed by atoms with Gasteiger partial charge in [-0.3, -0.25) is 9.59 Å². The largest absolute Gasteiger partial charge is 0.480 e. The third kappa shape index (κ3) is 6.32.